The Kier molecular flexibility index (Phi) is 3.74. The molecular weight excluding hydrogens is 259 g/mol. The van der Waals surface area contributed by atoms with E-state index in [2.05, 4.69) is 0 Å². The Bertz CT molecular complexity index is 678. The maximum atomic E-state index is 13.8. The van der Waals surface area contributed by atoms with Crippen LogP contribution in [0.3, 0.4) is 0 Å². The van der Waals surface area contributed by atoms with Crippen LogP contribution in [0.2, 0.25) is 0 Å². The van der Waals surface area contributed by atoms with Gasteiger partial charge >= 0.3 is 5.97 Å². The summed E-state index contributed by atoms with van der Waals surface area (Å²) >= 11 is 0. The fourth-order valence-electron chi connectivity index (χ4n) is 2.14. The van der Waals surface area contributed by atoms with Crippen LogP contribution < -0.4 is 4.74 Å². The molecule has 0 heterocycles. The Balaban J connectivity index is 2.60. The summed E-state index contributed by atoms with van der Waals surface area (Å²) < 4.78 is 19.2. The van der Waals surface area contributed by atoms with Crippen LogP contribution in [-0.2, 0) is 0 Å². The minimum atomic E-state index is -1.28. The van der Waals surface area contributed by atoms with Crippen molar-refractivity contribution in [2.75, 3.05) is 7.11 Å². The van der Waals surface area contributed by atoms with Gasteiger partial charge in [0.05, 0.1) is 12.7 Å². The van der Waals surface area contributed by atoms with E-state index in [1.54, 1.807) is 13.2 Å². The number of carbonyl (C=O) groups is 1. The van der Waals surface area contributed by atoms with Crippen molar-refractivity contribution in [3.05, 3.63) is 52.8 Å². The smallest absolute Gasteiger partial charge is 0.338 e. The minimum Gasteiger partial charge on any atom is -0.496 e. The SMILES string of the molecule is COc1c(-c2ccc(C(=O)O)c(F)c2)ccc(C)c1C. The van der Waals surface area contributed by atoms with Crippen LogP contribution in [0, 0.1) is 19.7 Å². The van der Waals surface area contributed by atoms with Gasteiger partial charge in [-0.25, -0.2) is 9.18 Å². The topological polar surface area (TPSA) is 46.5 Å². The first kappa shape index (κ1) is 14.1. The summed E-state index contributed by atoms with van der Waals surface area (Å²) in [5.74, 6) is -1.36. The number of carboxylic acid groups (broad SMARTS) is 1. The summed E-state index contributed by atoms with van der Waals surface area (Å²) in [6, 6.07) is 7.84. The molecule has 2 aromatic rings. The molecule has 1 N–H and O–H groups in total. The second-order valence-corrected chi connectivity index (χ2v) is 4.59. The van der Waals surface area contributed by atoms with Gasteiger partial charge in [0.25, 0.3) is 0 Å². The van der Waals surface area contributed by atoms with Crippen molar-refractivity contribution in [1.29, 1.82) is 0 Å². The zero-order valence-corrected chi connectivity index (χ0v) is 11.5. The second-order valence-electron chi connectivity index (χ2n) is 4.59. The number of hydrogen-bond acceptors (Lipinski definition) is 2. The van der Waals surface area contributed by atoms with Crippen molar-refractivity contribution in [2.45, 2.75) is 13.8 Å². The summed E-state index contributed by atoms with van der Waals surface area (Å²) in [7, 11) is 1.56. The van der Waals surface area contributed by atoms with Crippen LogP contribution >= 0.6 is 0 Å². The Morgan fingerprint density at radius 1 is 1.20 bits per heavy atom. The number of aryl methyl sites for hydroxylation is 1. The summed E-state index contributed by atoms with van der Waals surface area (Å²) in [4.78, 5) is 10.8. The van der Waals surface area contributed by atoms with Gasteiger partial charge in [-0.1, -0.05) is 18.2 Å². The van der Waals surface area contributed by atoms with Gasteiger partial charge in [0.15, 0.2) is 0 Å². The van der Waals surface area contributed by atoms with E-state index in [0.29, 0.717) is 11.3 Å². The van der Waals surface area contributed by atoms with Crippen molar-refractivity contribution in [3.63, 3.8) is 0 Å². The van der Waals surface area contributed by atoms with Crippen molar-refractivity contribution in [3.8, 4) is 16.9 Å². The van der Waals surface area contributed by atoms with E-state index in [0.717, 1.165) is 16.7 Å². The lowest BCUT2D eigenvalue weighted by Gasteiger charge is -2.14. The lowest BCUT2D eigenvalue weighted by molar-refractivity contribution is 0.0692. The molecule has 20 heavy (non-hydrogen) atoms. The van der Waals surface area contributed by atoms with Gasteiger partial charge in [0, 0.05) is 5.56 Å². The molecule has 0 amide bonds. The molecule has 3 nitrogen and oxygen atoms in total. The summed E-state index contributed by atoms with van der Waals surface area (Å²) in [6.45, 7) is 3.90. The molecule has 0 aliphatic rings. The molecule has 2 aromatic carbocycles. The van der Waals surface area contributed by atoms with Crippen LogP contribution in [0.4, 0.5) is 4.39 Å². The third kappa shape index (κ3) is 2.37. The largest absolute Gasteiger partial charge is 0.496 e. The van der Waals surface area contributed by atoms with Gasteiger partial charge in [-0.3, -0.25) is 0 Å². The maximum absolute atomic E-state index is 13.8. The predicted molar refractivity (Wildman–Crippen MR) is 74.8 cm³/mol. The number of aromatic carboxylic acids is 1. The van der Waals surface area contributed by atoms with Crippen molar-refractivity contribution in [2.24, 2.45) is 0 Å². The zero-order valence-electron chi connectivity index (χ0n) is 11.5. The molecule has 2 rings (SSSR count). The Labute approximate surface area is 116 Å². The van der Waals surface area contributed by atoms with Crippen LogP contribution in [0.25, 0.3) is 11.1 Å². The number of benzene rings is 2. The van der Waals surface area contributed by atoms with Crippen LogP contribution in [-0.4, -0.2) is 18.2 Å². The second kappa shape index (κ2) is 5.33. The lowest BCUT2D eigenvalue weighted by atomic mass is 9.97. The predicted octanol–water partition coefficient (Wildman–Crippen LogP) is 3.82. The van der Waals surface area contributed by atoms with Crippen molar-refractivity contribution < 1.29 is 19.0 Å². The van der Waals surface area contributed by atoms with E-state index in [4.69, 9.17) is 9.84 Å². The molecule has 0 aliphatic heterocycles. The van der Waals surface area contributed by atoms with Crippen LogP contribution in [0.15, 0.2) is 30.3 Å². The monoisotopic (exact) mass is 274 g/mol. The molecular formula is C16H15FO3. The molecule has 104 valence electrons. The van der Waals surface area contributed by atoms with Crippen molar-refractivity contribution >= 4 is 5.97 Å². The number of halogens is 1. The van der Waals surface area contributed by atoms with Crippen LogP contribution in [0.1, 0.15) is 21.5 Å². The van der Waals surface area contributed by atoms with Gasteiger partial charge in [0.1, 0.15) is 11.6 Å². The highest BCUT2D eigenvalue weighted by Crippen LogP contribution is 2.35. The van der Waals surface area contributed by atoms with Gasteiger partial charge in [-0.05, 0) is 42.7 Å². The number of hydrogen-bond donors (Lipinski definition) is 1. The van der Waals surface area contributed by atoms with Gasteiger partial charge in [-0.2, -0.15) is 0 Å². The fraction of sp³-hybridized carbons (Fsp3) is 0.188. The number of ether oxygens (including phenoxy) is 1. The fourth-order valence-corrected chi connectivity index (χ4v) is 2.14. The van der Waals surface area contributed by atoms with Gasteiger partial charge < -0.3 is 9.84 Å². The van der Waals surface area contributed by atoms with E-state index >= 15 is 0 Å². The summed E-state index contributed by atoms with van der Waals surface area (Å²) in [5.41, 5.74) is 3.05. The standard InChI is InChI=1S/C16H15FO3/c1-9-4-6-12(15(20-3)10(9)2)11-5-7-13(16(18)19)14(17)8-11/h4-8H,1-3H3,(H,18,19). The highest BCUT2D eigenvalue weighted by Gasteiger charge is 2.15. The minimum absolute atomic E-state index is 0.337. The molecule has 0 radical (unpaired) electrons. The molecule has 0 fully saturated rings. The number of carboxylic acids is 1. The molecule has 0 saturated carbocycles. The van der Waals surface area contributed by atoms with Gasteiger partial charge in [0.2, 0.25) is 0 Å². The molecule has 4 heteroatoms. The highest BCUT2D eigenvalue weighted by molar-refractivity contribution is 5.89. The summed E-state index contributed by atoms with van der Waals surface area (Å²) in [5, 5.41) is 8.84. The average molecular weight is 274 g/mol. The molecule has 0 aromatic heterocycles. The summed E-state index contributed by atoms with van der Waals surface area (Å²) in [6.07, 6.45) is 0. The quantitative estimate of drug-likeness (QED) is 0.925. The Morgan fingerprint density at radius 3 is 2.45 bits per heavy atom. The third-order valence-corrected chi connectivity index (χ3v) is 3.39. The molecule has 0 saturated heterocycles. The highest BCUT2D eigenvalue weighted by atomic mass is 19.1. The van der Waals surface area contributed by atoms with E-state index in [-0.39, 0.29) is 5.56 Å². The number of rotatable bonds is 3. The molecule has 0 aliphatic carbocycles. The zero-order chi connectivity index (χ0) is 14.9. The van der Waals surface area contributed by atoms with E-state index < -0.39 is 11.8 Å². The normalized spacial score (nSPS) is 10.4. The first-order chi connectivity index (χ1) is 9.45. The molecule has 0 unspecified atom stereocenters. The first-order valence-corrected chi connectivity index (χ1v) is 6.13. The first-order valence-electron chi connectivity index (χ1n) is 6.13. The van der Waals surface area contributed by atoms with Crippen molar-refractivity contribution in [1.82, 2.24) is 0 Å². The third-order valence-electron chi connectivity index (χ3n) is 3.39. The molecule has 0 spiro atoms. The van der Waals surface area contributed by atoms with E-state index in [9.17, 15) is 9.18 Å². The van der Waals surface area contributed by atoms with Gasteiger partial charge in [-0.15, -0.1) is 0 Å². The lowest BCUT2D eigenvalue weighted by Crippen LogP contribution is -2.01. The molecule has 0 atom stereocenters. The average Bonchev–Trinajstić information content (AvgIpc) is 2.41. The Morgan fingerprint density at radius 2 is 1.90 bits per heavy atom. The number of methoxy groups -OCH3 is 1. The maximum Gasteiger partial charge on any atom is 0.338 e. The Hall–Kier alpha value is -2.36. The van der Waals surface area contributed by atoms with E-state index in [1.165, 1.54) is 12.1 Å². The molecule has 0 bridgehead atoms. The van der Waals surface area contributed by atoms with Crippen LogP contribution in [0.5, 0.6) is 5.75 Å². The van der Waals surface area contributed by atoms with E-state index in [1.807, 2.05) is 26.0 Å².